The van der Waals surface area contributed by atoms with Gasteiger partial charge in [0.2, 0.25) is 11.8 Å². The molecule has 0 bridgehead atoms. The summed E-state index contributed by atoms with van der Waals surface area (Å²) in [6.45, 7) is 9.85. The molecule has 1 rings (SSSR count). The average Bonchev–Trinajstić information content (AvgIpc) is 2.24. The van der Waals surface area contributed by atoms with Crippen LogP contribution in [0.2, 0.25) is 0 Å². The molecule has 2 amide bonds. The highest BCUT2D eigenvalue weighted by Gasteiger charge is 2.54. The Morgan fingerprint density at radius 3 is 1.59 bits per heavy atom. The van der Waals surface area contributed by atoms with Gasteiger partial charge in [-0.1, -0.05) is 6.42 Å². The maximum absolute atomic E-state index is 13.1. The summed E-state index contributed by atoms with van der Waals surface area (Å²) < 4.78 is 0. The monoisotopic (exact) mass is 314 g/mol. The first kappa shape index (κ1) is 18.9. The van der Waals surface area contributed by atoms with Crippen molar-refractivity contribution < 1.29 is 19.8 Å². The summed E-state index contributed by atoms with van der Waals surface area (Å²) >= 11 is 0. The second-order valence-corrected chi connectivity index (χ2v) is 7.67. The fourth-order valence-electron chi connectivity index (χ4n) is 2.71. The van der Waals surface area contributed by atoms with E-state index in [0.29, 0.717) is 12.8 Å². The van der Waals surface area contributed by atoms with E-state index in [0.717, 1.165) is 6.42 Å². The normalized spacial score (nSPS) is 20.7. The summed E-state index contributed by atoms with van der Waals surface area (Å²) in [5.41, 5.74) is 1.95. The van der Waals surface area contributed by atoms with Gasteiger partial charge in [0.15, 0.2) is 0 Å². The topological polar surface area (TPSA) is 104 Å². The van der Waals surface area contributed by atoms with Crippen molar-refractivity contribution in [1.82, 2.24) is 4.90 Å². The van der Waals surface area contributed by atoms with Crippen LogP contribution in [-0.2, 0) is 9.59 Å². The fraction of sp³-hybridized carbons (Fsp3) is 0.875. The summed E-state index contributed by atoms with van der Waals surface area (Å²) in [6, 6.07) is -1.14. The molecule has 6 nitrogen and oxygen atoms in total. The Morgan fingerprint density at radius 2 is 1.41 bits per heavy atom. The number of primary amides is 1. The zero-order valence-electron chi connectivity index (χ0n) is 14.5. The van der Waals surface area contributed by atoms with Gasteiger partial charge in [0.05, 0.1) is 23.3 Å². The Labute approximate surface area is 132 Å². The van der Waals surface area contributed by atoms with Gasteiger partial charge in [-0.2, -0.15) is 0 Å². The maximum Gasteiger partial charge on any atom is 0.238 e. The minimum absolute atomic E-state index is 0.393. The van der Waals surface area contributed by atoms with Crippen molar-refractivity contribution in [3.05, 3.63) is 0 Å². The van der Waals surface area contributed by atoms with E-state index in [1.165, 1.54) is 4.90 Å². The van der Waals surface area contributed by atoms with Gasteiger partial charge in [-0.05, 0) is 54.4 Å². The van der Waals surface area contributed by atoms with Crippen LogP contribution < -0.4 is 5.73 Å². The van der Waals surface area contributed by atoms with Gasteiger partial charge >= 0.3 is 0 Å². The number of rotatable bonds is 6. The predicted molar refractivity (Wildman–Crippen MR) is 83.8 cm³/mol. The molecule has 0 aliphatic heterocycles. The van der Waals surface area contributed by atoms with Crippen LogP contribution in [0.4, 0.5) is 0 Å². The Hall–Kier alpha value is -1.14. The van der Waals surface area contributed by atoms with Gasteiger partial charge in [0.25, 0.3) is 0 Å². The molecule has 0 saturated heterocycles. The molecule has 0 aromatic carbocycles. The molecule has 0 spiro atoms. The number of nitrogens with two attached hydrogens (primary N) is 1. The zero-order valence-corrected chi connectivity index (χ0v) is 14.5. The standard InChI is InChI=1S/C16H30N2O4/c1-10(14(3,4)21)18(11(2)15(5,6)22)13(20)16(12(17)19)8-7-9-16/h10-11,21-22H,7-9H2,1-6H3,(H2,17,19)/t10-,11-/m1/s1. The number of carbonyl (C=O) groups is 2. The van der Waals surface area contributed by atoms with Gasteiger partial charge < -0.3 is 20.8 Å². The van der Waals surface area contributed by atoms with Crippen LogP contribution in [0.5, 0.6) is 0 Å². The second kappa shape index (κ2) is 5.81. The van der Waals surface area contributed by atoms with Crippen molar-refractivity contribution >= 4 is 11.8 Å². The molecule has 1 fully saturated rings. The molecule has 0 aromatic heterocycles. The smallest absolute Gasteiger partial charge is 0.238 e. The second-order valence-electron chi connectivity index (χ2n) is 7.67. The highest BCUT2D eigenvalue weighted by Crippen LogP contribution is 2.44. The highest BCUT2D eigenvalue weighted by molar-refractivity contribution is 6.05. The van der Waals surface area contributed by atoms with Gasteiger partial charge in [-0.25, -0.2) is 0 Å². The molecule has 0 unspecified atom stereocenters. The minimum Gasteiger partial charge on any atom is -0.388 e. The van der Waals surface area contributed by atoms with E-state index in [1.807, 2.05) is 0 Å². The maximum atomic E-state index is 13.1. The summed E-state index contributed by atoms with van der Waals surface area (Å²) in [4.78, 5) is 26.3. The van der Waals surface area contributed by atoms with Crippen molar-refractivity contribution in [3.8, 4) is 0 Å². The molecule has 2 atom stereocenters. The lowest BCUT2D eigenvalue weighted by atomic mass is 9.66. The molecule has 22 heavy (non-hydrogen) atoms. The average molecular weight is 314 g/mol. The van der Waals surface area contributed by atoms with Crippen molar-refractivity contribution in [2.45, 2.75) is 84.1 Å². The highest BCUT2D eigenvalue weighted by atomic mass is 16.3. The third-order valence-electron chi connectivity index (χ3n) is 5.20. The van der Waals surface area contributed by atoms with E-state index >= 15 is 0 Å². The molecule has 1 aliphatic carbocycles. The molecule has 6 heteroatoms. The van der Waals surface area contributed by atoms with Crippen LogP contribution in [0, 0.1) is 5.41 Å². The third-order valence-corrected chi connectivity index (χ3v) is 5.20. The Kier molecular flexibility index (Phi) is 5.00. The molecule has 1 aliphatic rings. The Bertz CT molecular complexity index is 424. The first-order chi connectivity index (χ1) is 9.75. The van der Waals surface area contributed by atoms with E-state index in [1.54, 1.807) is 41.5 Å². The van der Waals surface area contributed by atoms with Gasteiger partial charge in [0, 0.05) is 0 Å². The largest absolute Gasteiger partial charge is 0.388 e. The lowest BCUT2D eigenvalue weighted by molar-refractivity contribution is -0.169. The molecule has 0 aromatic rings. The molecule has 0 radical (unpaired) electrons. The van der Waals surface area contributed by atoms with Crippen LogP contribution in [0.3, 0.4) is 0 Å². The van der Waals surface area contributed by atoms with Crippen LogP contribution >= 0.6 is 0 Å². The van der Waals surface area contributed by atoms with Gasteiger partial charge in [-0.15, -0.1) is 0 Å². The van der Waals surface area contributed by atoms with E-state index in [4.69, 9.17) is 5.73 Å². The molecular formula is C16H30N2O4. The number of amides is 2. The molecule has 4 N–H and O–H groups in total. The first-order valence-corrected chi connectivity index (χ1v) is 7.82. The van der Waals surface area contributed by atoms with Gasteiger partial charge in [-0.3, -0.25) is 9.59 Å². The van der Waals surface area contributed by atoms with Crippen molar-refractivity contribution in [3.63, 3.8) is 0 Å². The van der Waals surface area contributed by atoms with Crippen LogP contribution in [-0.4, -0.2) is 50.2 Å². The van der Waals surface area contributed by atoms with Crippen LogP contribution in [0.15, 0.2) is 0 Å². The zero-order chi connectivity index (χ0) is 17.5. The molecule has 0 heterocycles. The minimum atomic E-state index is -1.20. The van der Waals surface area contributed by atoms with Crippen molar-refractivity contribution in [2.24, 2.45) is 11.1 Å². The Balaban J connectivity index is 3.26. The fourth-order valence-corrected chi connectivity index (χ4v) is 2.71. The summed E-state index contributed by atoms with van der Waals surface area (Å²) in [5.74, 6) is -1.02. The third kappa shape index (κ3) is 3.27. The van der Waals surface area contributed by atoms with E-state index < -0.39 is 40.5 Å². The lowest BCUT2D eigenvalue weighted by Gasteiger charge is -2.49. The number of hydrogen-bond donors (Lipinski definition) is 3. The van der Waals surface area contributed by atoms with Crippen molar-refractivity contribution in [2.75, 3.05) is 0 Å². The number of nitrogens with zero attached hydrogens (tertiary/aromatic N) is 1. The van der Waals surface area contributed by atoms with Crippen molar-refractivity contribution in [1.29, 1.82) is 0 Å². The number of carbonyl (C=O) groups excluding carboxylic acids is 2. The number of hydrogen-bond acceptors (Lipinski definition) is 4. The van der Waals surface area contributed by atoms with Gasteiger partial charge in [0.1, 0.15) is 5.41 Å². The quantitative estimate of drug-likeness (QED) is 0.630. The Morgan fingerprint density at radius 1 is 1.05 bits per heavy atom. The van der Waals surface area contributed by atoms with Crippen LogP contribution in [0.25, 0.3) is 0 Å². The predicted octanol–water partition coefficient (Wildman–Crippen LogP) is 0.789. The van der Waals surface area contributed by atoms with E-state index in [2.05, 4.69) is 0 Å². The first-order valence-electron chi connectivity index (χ1n) is 7.82. The van der Waals surface area contributed by atoms with Crippen LogP contribution in [0.1, 0.15) is 60.8 Å². The molecule has 128 valence electrons. The molecular weight excluding hydrogens is 284 g/mol. The summed E-state index contributed by atoms with van der Waals surface area (Å²) in [7, 11) is 0. The SMILES string of the molecule is C[C@@H](N(C(=O)C1(C(N)=O)CCC1)[C@H](C)C(C)(C)O)C(C)(C)O. The molecule has 1 saturated carbocycles. The van der Waals surface area contributed by atoms with E-state index in [9.17, 15) is 19.8 Å². The van der Waals surface area contributed by atoms with E-state index in [-0.39, 0.29) is 0 Å². The summed E-state index contributed by atoms with van der Waals surface area (Å²) in [5, 5.41) is 20.6. The number of aliphatic hydroxyl groups is 2. The summed E-state index contributed by atoms with van der Waals surface area (Å²) in [6.07, 6.45) is 1.62. The lowest BCUT2D eigenvalue weighted by Crippen LogP contribution is -2.65.